The molecule has 9 nitrogen and oxygen atoms in total. The molecule has 0 aromatic carbocycles. The van der Waals surface area contributed by atoms with Crippen molar-refractivity contribution < 1.29 is 9.53 Å². The molecule has 0 saturated heterocycles. The van der Waals surface area contributed by atoms with E-state index in [-0.39, 0.29) is 24.1 Å². The number of imidazole rings is 1. The SMILES string of the molecule is CC(C)OCCCNC(=O)Cn1c(=O)c2c(ncn2C)n(C)c1=O. The molecule has 2 aromatic heterocycles. The number of ether oxygens (including phenoxy) is 1. The number of nitrogens with zero attached hydrogens (tertiary/aromatic N) is 4. The minimum Gasteiger partial charge on any atom is -0.379 e. The number of nitrogens with one attached hydrogen (secondary N) is 1. The van der Waals surface area contributed by atoms with Gasteiger partial charge in [-0.25, -0.2) is 14.3 Å². The lowest BCUT2D eigenvalue weighted by atomic mass is 10.4. The summed E-state index contributed by atoms with van der Waals surface area (Å²) in [5, 5.41) is 2.69. The van der Waals surface area contributed by atoms with Crippen molar-refractivity contribution in [3.05, 3.63) is 27.2 Å². The van der Waals surface area contributed by atoms with Gasteiger partial charge in [0.25, 0.3) is 5.56 Å². The van der Waals surface area contributed by atoms with E-state index in [9.17, 15) is 14.4 Å². The number of carbonyl (C=O) groups is 1. The largest absolute Gasteiger partial charge is 0.379 e. The molecule has 2 rings (SSSR count). The van der Waals surface area contributed by atoms with E-state index < -0.39 is 11.2 Å². The average molecular weight is 337 g/mol. The van der Waals surface area contributed by atoms with E-state index >= 15 is 0 Å². The molecule has 0 atom stereocenters. The number of rotatable bonds is 7. The maximum Gasteiger partial charge on any atom is 0.332 e. The van der Waals surface area contributed by atoms with E-state index in [1.165, 1.54) is 22.5 Å². The van der Waals surface area contributed by atoms with Crippen LogP contribution in [-0.4, -0.2) is 43.8 Å². The van der Waals surface area contributed by atoms with Crippen molar-refractivity contribution in [3.63, 3.8) is 0 Å². The van der Waals surface area contributed by atoms with Gasteiger partial charge in [-0.1, -0.05) is 0 Å². The Hall–Kier alpha value is -2.42. The van der Waals surface area contributed by atoms with Crippen molar-refractivity contribution in [2.75, 3.05) is 13.2 Å². The molecule has 9 heteroatoms. The number of fused-ring (bicyclic) bond motifs is 1. The molecule has 0 aliphatic carbocycles. The van der Waals surface area contributed by atoms with Crippen LogP contribution in [0.4, 0.5) is 0 Å². The van der Waals surface area contributed by atoms with Gasteiger partial charge in [-0.3, -0.25) is 14.2 Å². The summed E-state index contributed by atoms with van der Waals surface area (Å²) in [6.45, 7) is 4.53. The van der Waals surface area contributed by atoms with E-state index in [1.54, 1.807) is 7.05 Å². The average Bonchev–Trinajstić information content (AvgIpc) is 2.91. The van der Waals surface area contributed by atoms with Gasteiger partial charge in [-0.15, -0.1) is 0 Å². The van der Waals surface area contributed by atoms with Crippen LogP contribution >= 0.6 is 0 Å². The van der Waals surface area contributed by atoms with Gasteiger partial charge in [0.05, 0.1) is 12.4 Å². The molecule has 1 N–H and O–H groups in total. The Kier molecular flexibility index (Phi) is 5.55. The molecule has 0 aliphatic heterocycles. The molecule has 0 fully saturated rings. The third-order valence-electron chi connectivity index (χ3n) is 3.60. The molecule has 0 bridgehead atoms. The zero-order valence-electron chi connectivity index (χ0n) is 14.4. The first-order chi connectivity index (χ1) is 11.3. The summed E-state index contributed by atoms with van der Waals surface area (Å²) >= 11 is 0. The van der Waals surface area contributed by atoms with Crippen LogP contribution in [0.15, 0.2) is 15.9 Å². The molecular weight excluding hydrogens is 314 g/mol. The molecule has 0 saturated carbocycles. The van der Waals surface area contributed by atoms with E-state index in [0.29, 0.717) is 25.2 Å². The van der Waals surface area contributed by atoms with Gasteiger partial charge in [-0.2, -0.15) is 0 Å². The number of amides is 1. The molecule has 132 valence electrons. The van der Waals surface area contributed by atoms with Gasteiger partial charge in [0.1, 0.15) is 6.54 Å². The Labute approximate surface area is 138 Å². The summed E-state index contributed by atoms with van der Waals surface area (Å²) < 4.78 is 9.10. The smallest absolute Gasteiger partial charge is 0.332 e. The minimum atomic E-state index is -0.565. The minimum absolute atomic E-state index is 0.146. The first-order valence-electron chi connectivity index (χ1n) is 7.82. The van der Waals surface area contributed by atoms with Gasteiger partial charge in [-0.05, 0) is 20.3 Å². The molecular formula is C15H23N5O4. The third kappa shape index (κ3) is 3.73. The highest BCUT2D eigenvalue weighted by atomic mass is 16.5. The van der Waals surface area contributed by atoms with Crippen LogP contribution in [0.25, 0.3) is 11.2 Å². The molecule has 0 aliphatic rings. The van der Waals surface area contributed by atoms with Crippen LogP contribution in [0.1, 0.15) is 20.3 Å². The molecule has 2 heterocycles. The topological polar surface area (TPSA) is 100 Å². The maximum absolute atomic E-state index is 12.5. The number of aromatic nitrogens is 4. The van der Waals surface area contributed by atoms with Gasteiger partial charge >= 0.3 is 5.69 Å². The van der Waals surface area contributed by atoms with E-state index in [0.717, 1.165) is 4.57 Å². The predicted octanol–water partition coefficient (Wildman–Crippen LogP) is -0.635. The summed E-state index contributed by atoms with van der Waals surface area (Å²) in [5.41, 5.74) is -0.499. The number of carbonyl (C=O) groups excluding carboxylic acids is 1. The Balaban J connectivity index is 2.10. The summed E-state index contributed by atoms with van der Waals surface area (Å²) in [7, 11) is 3.19. The van der Waals surface area contributed by atoms with Crippen molar-refractivity contribution in [3.8, 4) is 0 Å². The van der Waals surface area contributed by atoms with Crippen LogP contribution in [0, 0.1) is 0 Å². The van der Waals surface area contributed by atoms with E-state index in [1.807, 2.05) is 13.8 Å². The van der Waals surface area contributed by atoms with Gasteiger partial charge < -0.3 is 14.6 Å². The van der Waals surface area contributed by atoms with Crippen LogP contribution in [-0.2, 0) is 30.2 Å². The fourth-order valence-corrected chi connectivity index (χ4v) is 2.35. The third-order valence-corrected chi connectivity index (χ3v) is 3.60. The Bertz CT molecular complexity index is 846. The summed E-state index contributed by atoms with van der Waals surface area (Å²) in [4.78, 5) is 40.8. The zero-order chi connectivity index (χ0) is 17.9. The second-order valence-corrected chi connectivity index (χ2v) is 5.88. The highest BCUT2D eigenvalue weighted by molar-refractivity contribution is 5.76. The molecule has 2 aromatic rings. The molecule has 0 radical (unpaired) electrons. The van der Waals surface area contributed by atoms with Crippen molar-refractivity contribution in [1.29, 1.82) is 0 Å². The van der Waals surface area contributed by atoms with Crippen molar-refractivity contribution >= 4 is 17.1 Å². The second kappa shape index (κ2) is 7.43. The molecule has 0 spiro atoms. The first kappa shape index (κ1) is 17.9. The lowest BCUT2D eigenvalue weighted by Crippen LogP contribution is -2.43. The number of hydrogen-bond acceptors (Lipinski definition) is 5. The summed E-state index contributed by atoms with van der Waals surface area (Å²) in [5.74, 6) is -0.389. The van der Waals surface area contributed by atoms with Crippen LogP contribution in [0.3, 0.4) is 0 Å². The standard InChI is InChI=1S/C15H23N5O4/c1-10(2)24-7-5-6-16-11(21)8-20-14(22)12-13(17-9-18(12)3)19(4)15(20)23/h9-10H,5-8H2,1-4H3,(H,16,21). The number of aryl methyl sites for hydroxylation is 2. The van der Waals surface area contributed by atoms with Crippen LogP contribution in [0.5, 0.6) is 0 Å². The Morgan fingerprint density at radius 3 is 2.71 bits per heavy atom. The molecule has 24 heavy (non-hydrogen) atoms. The lowest BCUT2D eigenvalue weighted by Gasteiger charge is -2.10. The normalized spacial score (nSPS) is 11.4. The van der Waals surface area contributed by atoms with Crippen molar-refractivity contribution in [2.45, 2.75) is 32.9 Å². The van der Waals surface area contributed by atoms with Gasteiger partial charge in [0, 0.05) is 27.2 Å². The van der Waals surface area contributed by atoms with Gasteiger partial charge in [0.2, 0.25) is 5.91 Å². The zero-order valence-corrected chi connectivity index (χ0v) is 14.4. The fraction of sp³-hybridized carbons (Fsp3) is 0.600. The molecule has 1 amide bonds. The molecule has 0 unspecified atom stereocenters. The first-order valence-corrected chi connectivity index (χ1v) is 7.82. The summed E-state index contributed by atoms with van der Waals surface area (Å²) in [6, 6.07) is 0. The lowest BCUT2D eigenvalue weighted by molar-refractivity contribution is -0.121. The maximum atomic E-state index is 12.5. The summed E-state index contributed by atoms with van der Waals surface area (Å²) in [6.07, 6.45) is 2.27. The highest BCUT2D eigenvalue weighted by Crippen LogP contribution is 2.02. The van der Waals surface area contributed by atoms with E-state index in [2.05, 4.69) is 10.3 Å². The fourth-order valence-electron chi connectivity index (χ4n) is 2.35. The monoisotopic (exact) mass is 337 g/mol. The quantitative estimate of drug-likeness (QED) is 0.678. The van der Waals surface area contributed by atoms with Crippen molar-refractivity contribution in [2.24, 2.45) is 14.1 Å². The number of hydrogen-bond donors (Lipinski definition) is 1. The Morgan fingerprint density at radius 2 is 2.04 bits per heavy atom. The Morgan fingerprint density at radius 1 is 1.33 bits per heavy atom. The van der Waals surface area contributed by atoms with Crippen LogP contribution in [0.2, 0.25) is 0 Å². The van der Waals surface area contributed by atoms with Gasteiger partial charge in [0.15, 0.2) is 11.2 Å². The predicted molar refractivity (Wildman–Crippen MR) is 88.9 cm³/mol. The van der Waals surface area contributed by atoms with Crippen LogP contribution < -0.4 is 16.6 Å². The van der Waals surface area contributed by atoms with Crippen molar-refractivity contribution in [1.82, 2.24) is 24.0 Å². The highest BCUT2D eigenvalue weighted by Gasteiger charge is 2.16. The van der Waals surface area contributed by atoms with E-state index in [4.69, 9.17) is 4.74 Å². The second-order valence-electron chi connectivity index (χ2n) is 5.88.